The van der Waals surface area contributed by atoms with E-state index in [1.165, 1.54) is 0 Å². The van der Waals surface area contributed by atoms with Gasteiger partial charge < -0.3 is 46.0 Å². The molecule has 0 aliphatic heterocycles. The van der Waals surface area contributed by atoms with Gasteiger partial charge in [0.1, 0.15) is 0 Å². The van der Waals surface area contributed by atoms with E-state index in [-0.39, 0.29) is 81.5 Å². The number of nitrogens with zero attached hydrogens (tertiary/aromatic N) is 3. The fraction of sp³-hybridized carbons (Fsp3) is 0. The molecule has 0 bridgehead atoms. The summed E-state index contributed by atoms with van der Waals surface area (Å²) >= 11 is 0. The molecular weight excluding hydrogens is 340 g/mol. The van der Waals surface area contributed by atoms with E-state index in [0.29, 0.717) is 0 Å². The summed E-state index contributed by atoms with van der Waals surface area (Å²) in [5.74, 6) is 0. The van der Waals surface area contributed by atoms with Gasteiger partial charge in [0, 0.05) is 0 Å². The van der Waals surface area contributed by atoms with Crippen molar-refractivity contribution in [1.29, 1.82) is 0 Å². The molecule has 0 spiro atoms. The molecule has 0 aromatic rings. The SMILES string of the molecule is O=[N+]([O-])[O-].O=[N+]([O-])[O-].O=[N+]([O-])[O-].[Ag+].[Na+].[Na+]. The number of hydrogen-bond acceptors (Lipinski definition) is 9. The van der Waals surface area contributed by atoms with Gasteiger partial charge in [-0.1, -0.05) is 0 Å². The van der Waals surface area contributed by atoms with E-state index in [1.807, 2.05) is 0 Å². The molecule has 0 radical (unpaired) electrons. The first kappa shape index (κ1) is 36.2. The zero-order valence-corrected chi connectivity index (χ0v) is 12.8. The first-order chi connectivity index (χ1) is 5.20. The van der Waals surface area contributed by atoms with Crippen LogP contribution < -0.4 is 59.1 Å². The predicted octanol–water partition coefficient (Wildman–Crippen LogP) is -6.71. The van der Waals surface area contributed by atoms with Gasteiger partial charge in [0.2, 0.25) is 0 Å². The summed E-state index contributed by atoms with van der Waals surface area (Å²) < 4.78 is 0. The van der Waals surface area contributed by atoms with E-state index < -0.39 is 15.3 Å². The van der Waals surface area contributed by atoms with E-state index in [4.69, 9.17) is 46.0 Å². The molecule has 0 aliphatic rings. The molecule has 15 heteroatoms. The van der Waals surface area contributed by atoms with Crippen LogP contribution in [0.25, 0.3) is 0 Å². The van der Waals surface area contributed by atoms with Crippen LogP contribution in [-0.2, 0) is 22.4 Å². The molecule has 0 saturated heterocycles. The second-order valence-electron chi connectivity index (χ2n) is 0.671. The van der Waals surface area contributed by atoms with Crippen LogP contribution in [0.1, 0.15) is 0 Å². The average Bonchev–Trinajstić information content (AvgIpc) is 1.54. The third kappa shape index (κ3) is 18900. The maximum atomic E-state index is 8.25. The Hall–Kier alpha value is 0.340. The molecule has 0 rings (SSSR count). The predicted molar refractivity (Wildman–Crippen MR) is 31.1 cm³/mol. The molecule has 12 nitrogen and oxygen atoms in total. The van der Waals surface area contributed by atoms with Gasteiger partial charge in [0.25, 0.3) is 0 Å². The van der Waals surface area contributed by atoms with Crippen LogP contribution in [0.2, 0.25) is 0 Å². The molecular formula is AgN3Na2O9. The number of rotatable bonds is 0. The van der Waals surface area contributed by atoms with Gasteiger partial charge >= 0.3 is 81.5 Å². The summed E-state index contributed by atoms with van der Waals surface area (Å²) in [5, 5.41) is 44.2. The summed E-state index contributed by atoms with van der Waals surface area (Å²) in [4.78, 5) is 24.8. The Balaban J connectivity index is -0.0000000184. The van der Waals surface area contributed by atoms with Gasteiger partial charge in [-0.2, -0.15) is 0 Å². The Morgan fingerprint density at radius 1 is 0.533 bits per heavy atom. The van der Waals surface area contributed by atoms with Crippen molar-refractivity contribution in [2.24, 2.45) is 0 Å². The van der Waals surface area contributed by atoms with E-state index in [0.717, 1.165) is 0 Å². The van der Waals surface area contributed by atoms with Crippen molar-refractivity contribution in [3.63, 3.8) is 0 Å². The third-order valence-corrected chi connectivity index (χ3v) is 0. The quantitative estimate of drug-likeness (QED) is 0.233. The van der Waals surface area contributed by atoms with E-state index in [1.54, 1.807) is 0 Å². The van der Waals surface area contributed by atoms with Gasteiger partial charge in [0.15, 0.2) is 0 Å². The fourth-order valence-corrected chi connectivity index (χ4v) is 0. The molecule has 0 saturated carbocycles. The zero-order chi connectivity index (χ0) is 10.7. The fourth-order valence-electron chi connectivity index (χ4n) is 0. The summed E-state index contributed by atoms with van der Waals surface area (Å²) in [7, 11) is 0. The minimum Gasteiger partial charge on any atom is -0.356 e. The Labute approximate surface area is 141 Å². The molecule has 82 valence electrons. The van der Waals surface area contributed by atoms with Gasteiger partial charge in [0.05, 0.1) is 15.3 Å². The Bertz CT molecular complexity index is 121. The molecule has 0 unspecified atom stereocenters. The molecule has 0 aromatic carbocycles. The van der Waals surface area contributed by atoms with Crippen LogP contribution in [-0.4, -0.2) is 15.3 Å². The Morgan fingerprint density at radius 2 is 0.533 bits per heavy atom. The van der Waals surface area contributed by atoms with Gasteiger partial charge in [-0.05, 0) is 0 Å². The standard InChI is InChI=1S/Ag.3NO3.2Na/c;3*2-1(3)4;;/q+1;3*-1;2*+1. The monoisotopic (exact) mass is 339 g/mol. The van der Waals surface area contributed by atoms with Crippen molar-refractivity contribution in [3.8, 4) is 0 Å². The van der Waals surface area contributed by atoms with Crippen molar-refractivity contribution in [2.75, 3.05) is 0 Å². The van der Waals surface area contributed by atoms with E-state index >= 15 is 0 Å². The second kappa shape index (κ2) is 29.3. The van der Waals surface area contributed by atoms with Crippen molar-refractivity contribution >= 4 is 0 Å². The van der Waals surface area contributed by atoms with Gasteiger partial charge in [-0.15, -0.1) is 0 Å². The Kier molecular flexibility index (Phi) is 70.5. The van der Waals surface area contributed by atoms with Crippen LogP contribution in [0.5, 0.6) is 0 Å². The topological polar surface area (TPSA) is 199 Å². The summed E-state index contributed by atoms with van der Waals surface area (Å²) in [6, 6.07) is 0. The maximum Gasteiger partial charge on any atom is 1.00 e. The van der Waals surface area contributed by atoms with Crippen molar-refractivity contribution in [3.05, 3.63) is 46.0 Å². The smallest absolute Gasteiger partial charge is 0.356 e. The van der Waals surface area contributed by atoms with E-state index in [2.05, 4.69) is 0 Å². The third-order valence-electron chi connectivity index (χ3n) is 0. The van der Waals surface area contributed by atoms with Crippen molar-refractivity contribution in [1.82, 2.24) is 0 Å². The van der Waals surface area contributed by atoms with E-state index in [9.17, 15) is 0 Å². The summed E-state index contributed by atoms with van der Waals surface area (Å²) in [5.41, 5.74) is 0. The maximum absolute atomic E-state index is 8.25. The minimum atomic E-state index is -1.75. The molecule has 0 atom stereocenters. The minimum absolute atomic E-state index is 0. The zero-order valence-electron chi connectivity index (χ0n) is 7.32. The van der Waals surface area contributed by atoms with Crippen LogP contribution in [0.15, 0.2) is 0 Å². The summed E-state index contributed by atoms with van der Waals surface area (Å²) in [6.07, 6.45) is 0. The van der Waals surface area contributed by atoms with Crippen LogP contribution in [0.4, 0.5) is 0 Å². The number of hydrogen-bond donors (Lipinski definition) is 0. The largest absolute Gasteiger partial charge is 1.00 e. The van der Waals surface area contributed by atoms with Gasteiger partial charge in [-0.25, -0.2) is 0 Å². The Morgan fingerprint density at radius 3 is 0.533 bits per heavy atom. The van der Waals surface area contributed by atoms with Crippen molar-refractivity contribution in [2.45, 2.75) is 0 Å². The first-order valence-corrected chi connectivity index (χ1v) is 1.64. The van der Waals surface area contributed by atoms with Crippen LogP contribution in [0.3, 0.4) is 0 Å². The molecule has 0 fully saturated rings. The molecule has 0 heterocycles. The van der Waals surface area contributed by atoms with Gasteiger partial charge in [-0.3, -0.25) is 0 Å². The first-order valence-electron chi connectivity index (χ1n) is 1.64. The normalized spacial score (nSPS) is 4.80. The average molecular weight is 340 g/mol. The van der Waals surface area contributed by atoms with Crippen LogP contribution >= 0.6 is 0 Å². The summed E-state index contributed by atoms with van der Waals surface area (Å²) in [6.45, 7) is 0. The molecule has 0 N–H and O–H groups in total. The second-order valence-corrected chi connectivity index (χ2v) is 0.671. The molecule has 0 aromatic heterocycles. The molecule has 0 aliphatic carbocycles. The van der Waals surface area contributed by atoms with Crippen LogP contribution in [0, 0.1) is 46.0 Å². The van der Waals surface area contributed by atoms with Crippen molar-refractivity contribution < 1.29 is 96.8 Å². The molecule has 15 heavy (non-hydrogen) atoms. The molecule has 0 amide bonds.